The van der Waals surface area contributed by atoms with E-state index in [1.54, 1.807) is 18.2 Å². The number of benzene rings is 2. The molecule has 1 amide bonds. The number of nitrogens with zero attached hydrogens (tertiary/aromatic N) is 1. The van der Waals surface area contributed by atoms with Crippen LogP contribution in [-0.4, -0.2) is 39.4 Å². The molecule has 0 aliphatic heterocycles. The van der Waals surface area contributed by atoms with Gasteiger partial charge in [0, 0.05) is 41.6 Å². The van der Waals surface area contributed by atoms with Gasteiger partial charge in [0.05, 0.1) is 11.9 Å². The summed E-state index contributed by atoms with van der Waals surface area (Å²) in [6.07, 6.45) is 1.34. The van der Waals surface area contributed by atoms with Gasteiger partial charge in [0.15, 0.2) is 0 Å². The summed E-state index contributed by atoms with van der Waals surface area (Å²) in [5, 5.41) is 3.11. The van der Waals surface area contributed by atoms with E-state index >= 15 is 0 Å². The van der Waals surface area contributed by atoms with Gasteiger partial charge in [-0.15, -0.1) is 0 Å². The monoisotopic (exact) mass is 476 g/mol. The molecule has 0 saturated carbocycles. The summed E-state index contributed by atoms with van der Waals surface area (Å²) >= 11 is 7.41. The van der Waals surface area contributed by atoms with E-state index in [9.17, 15) is 22.0 Å². The Morgan fingerprint density at radius 1 is 1.13 bits per heavy atom. The number of nitrogens with one attached hydrogen (secondary N) is 1. The lowest BCUT2D eigenvalue weighted by Gasteiger charge is -2.22. The van der Waals surface area contributed by atoms with E-state index in [1.807, 2.05) is 0 Å². The topological polar surface area (TPSA) is 66.5 Å². The van der Waals surface area contributed by atoms with Gasteiger partial charge in [-0.2, -0.15) is 11.8 Å². The predicted molar refractivity (Wildman–Crippen MR) is 118 cm³/mol. The highest BCUT2D eigenvalue weighted by molar-refractivity contribution is 7.98. The second-order valence-corrected chi connectivity index (χ2v) is 9.91. The number of carbonyl (C=O) groups excluding carboxylic acids is 1. The zero-order chi connectivity index (χ0) is 22.1. The standard InChI is InChI=1S/C20H23ClF2N2O3S2/c1-30(27,28)25(19-9-3-2-7-18(19)23)12-5-10-20(26)24-11-13-29-14-15-16(21)6-4-8-17(15)22/h2-4,6-9H,5,10-14H2,1H3,(H,24,26). The van der Waals surface area contributed by atoms with Gasteiger partial charge in [0.1, 0.15) is 11.6 Å². The van der Waals surface area contributed by atoms with Gasteiger partial charge in [-0.25, -0.2) is 17.2 Å². The van der Waals surface area contributed by atoms with Gasteiger partial charge in [0.2, 0.25) is 15.9 Å². The second-order valence-electron chi connectivity index (χ2n) is 6.49. The summed E-state index contributed by atoms with van der Waals surface area (Å²) < 4.78 is 52.6. The van der Waals surface area contributed by atoms with Gasteiger partial charge in [-0.3, -0.25) is 9.10 Å². The van der Waals surface area contributed by atoms with Crippen molar-refractivity contribution in [2.24, 2.45) is 0 Å². The molecular formula is C20H23ClF2N2O3S2. The minimum atomic E-state index is -3.68. The lowest BCUT2D eigenvalue weighted by atomic mass is 10.2. The number of rotatable bonds is 11. The van der Waals surface area contributed by atoms with Gasteiger partial charge >= 0.3 is 0 Å². The third-order valence-corrected chi connectivity index (χ3v) is 6.68. The molecule has 0 aliphatic carbocycles. The summed E-state index contributed by atoms with van der Waals surface area (Å²) in [7, 11) is -3.68. The highest BCUT2D eigenvalue weighted by Crippen LogP contribution is 2.24. The van der Waals surface area contributed by atoms with Crippen LogP contribution in [0.3, 0.4) is 0 Å². The number of hydrogen-bond donors (Lipinski definition) is 1. The van der Waals surface area contributed by atoms with Crippen molar-refractivity contribution in [1.82, 2.24) is 5.32 Å². The first-order valence-corrected chi connectivity index (χ1v) is 12.6. The predicted octanol–water partition coefficient (Wildman–Crippen LogP) is 4.21. The van der Waals surface area contributed by atoms with E-state index in [0.717, 1.165) is 10.6 Å². The number of anilines is 1. The largest absolute Gasteiger partial charge is 0.355 e. The molecule has 1 N–H and O–H groups in total. The molecule has 0 aromatic heterocycles. The maximum atomic E-state index is 13.9. The van der Waals surface area contributed by atoms with E-state index in [-0.39, 0.29) is 36.8 Å². The third-order valence-electron chi connectivity index (χ3n) is 4.16. The number of para-hydroxylation sites is 1. The molecule has 10 heteroatoms. The van der Waals surface area contributed by atoms with Crippen molar-refractivity contribution in [2.75, 3.05) is 29.4 Å². The molecule has 0 saturated heterocycles. The fraction of sp³-hybridized carbons (Fsp3) is 0.350. The molecule has 0 heterocycles. The van der Waals surface area contributed by atoms with E-state index in [0.29, 0.717) is 28.6 Å². The molecule has 0 spiro atoms. The van der Waals surface area contributed by atoms with Crippen molar-refractivity contribution < 1.29 is 22.0 Å². The van der Waals surface area contributed by atoms with Crippen molar-refractivity contribution in [2.45, 2.75) is 18.6 Å². The Bertz CT molecular complexity index is 954. The average molecular weight is 477 g/mol. The van der Waals surface area contributed by atoms with Gasteiger partial charge in [-0.05, 0) is 30.7 Å². The van der Waals surface area contributed by atoms with E-state index in [1.165, 1.54) is 36.0 Å². The zero-order valence-electron chi connectivity index (χ0n) is 16.4. The fourth-order valence-corrected chi connectivity index (χ4v) is 4.86. The number of sulfonamides is 1. The molecule has 0 bridgehead atoms. The molecule has 0 atom stereocenters. The van der Waals surface area contributed by atoms with Crippen LogP contribution in [-0.2, 0) is 20.6 Å². The Kier molecular flexibility index (Phi) is 9.38. The molecular weight excluding hydrogens is 454 g/mol. The van der Waals surface area contributed by atoms with E-state index < -0.39 is 15.8 Å². The van der Waals surface area contributed by atoms with Crippen molar-refractivity contribution in [3.63, 3.8) is 0 Å². The lowest BCUT2D eigenvalue weighted by molar-refractivity contribution is -0.121. The van der Waals surface area contributed by atoms with Crippen molar-refractivity contribution >= 4 is 45.0 Å². The zero-order valence-corrected chi connectivity index (χ0v) is 18.8. The smallest absolute Gasteiger partial charge is 0.232 e. The minimum Gasteiger partial charge on any atom is -0.355 e. The summed E-state index contributed by atoms with van der Waals surface area (Å²) in [6.45, 7) is 0.381. The summed E-state index contributed by atoms with van der Waals surface area (Å²) in [5.41, 5.74) is 0.396. The number of thioether (sulfide) groups is 1. The number of amides is 1. The fourth-order valence-electron chi connectivity index (χ4n) is 2.70. The molecule has 2 rings (SSSR count). The number of carbonyl (C=O) groups is 1. The van der Waals surface area contributed by atoms with Crippen LogP contribution in [0.5, 0.6) is 0 Å². The summed E-state index contributed by atoms with van der Waals surface area (Å²) in [5.74, 6) is -0.265. The molecule has 2 aromatic rings. The van der Waals surface area contributed by atoms with E-state index in [4.69, 9.17) is 11.6 Å². The molecule has 164 valence electrons. The molecule has 0 fully saturated rings. The van der Waals surface area contributed by atoms with Gasteiger partial charge in [0.25, 0.3) is 0 Å². The molecule has 30 heavy (non-hydrogen) atoms. The Hall–Kier alpha value is -1.84. The van der Waals surface area contributed by atoms with Gasteiger partial charge < -0.3 is 5.32 Å². The van der Waals surface area contributed by atoms with Crippen LogP contribution >= 0.6 is 23.4 Å². The second kappa shape index (κ2) is 11.5. The first-order chi connectivity index (χ1) is 14.2. The maximum absolute atomic E-state index is 13.9. The SMILES string of the molecule is CS(=O)(=O)N(CCCC(=O)NCCSCc1c(F)cccc1Cl)c1ccccc1F. The van der Waals surface area contributed by atoms with Crippen LogP contribution in [0.1, 0.15) is 18.4 Å². The van der Waals surface area contributed by atoms with Crippen LogP contribution in [0.15, 0.2) is 42.5 Å². The minimum absolute atomic E-state index is 0.00623. The van der Waals surface area contributed by atoms with Crippen LogP contribution < -0.4 is 9.62 Å². The van der Waals surface area contributed by atoms with Crippen molar-refractivity contribution in [3.05, 3.63) is 64.7 Å². The van der Waals surface area contributed by atoms with Crippen molar-refractivity contribution in [1.29, 1.82) is 0 Å². The Labute approximate surface area is 184 Å². The Balaban J connectivity index is 1.73. The molecule has 2 aromatic carbocycles. The number of halogens is 3. The first-order valence-electron chi connectivity index (χ1n) is 9.19. The lowest BCUT2D eigenvalue weighted by Crippen LogP contribution is -2.33. The average Bonchev–Trinajstić information content (AvgIpc) is 2.67. The van der Waals surface area contributed by atoms with Gasteiger partial charge in [-0.1, -0.05) is 29.8 Å². The van der Waals surface area contributed by atoms with Crippen LogP contribution in [0.4, 0.5) is 14.5 Å². The normalized spacial score (nSPS) is 11.3. The highest BCUT2D eigenvalue weighted by atomic mass is 35.5. The van der Waals surface area contributed by atoms with Crippen LogP contribution in [0.25, 0.3) is 0 Å². The third kappa shape index (κ3) is 7.45. The summed E-state index contributed by atoms with van der Waals surface area (Å²) in [6, 6.07) is 10.1. The number of hydrogen-bond acceptors (Lipinski definition) is 4. The first kappa shape index (κ1) is 24.4. The Morgan fingerprint density at radius 2 is 1.83 bits per heavy atom. The van der Waals surface area contributed by atoms with E-state index in [2.05, 4.69) is 5.32 Å². The maximum Gasteiger partial charge on any atom is 0.232 e. The van der Waals surface area contributed by atoms with Crippen molar-refractivity contribution in [3.8, 4) is 0 Å². The molecule has 0 aliphatic rings. The van der Waals surface area contributed by atoms with Crippen LogP contribution in [0.2, 0.25) is 5.02 Å². The van der Waals surface area contributed by atoms with Crippen LogP contribution in [0, 0.1) is 11.6 Å². The quantitative estimate of drug-likeness (QED) is 0.493. The highest BCUT2D eigenvalue weighted by Gasteiger charge is 2.20. The Morgan fingerprint density at radius 3 is 2.50 bits per heavy atom. The summed E-state index contributed by atoms with van der Waals surface area (Å²) in [4.78, 5) is 12.0. The molecule has 0 unspecified atom stereocenters. The molecule has 5 nitrogen and oxygen atoms in total. The molecule has 0 radical (unpaired) electrons.